The maximum atomic E-state index is 12.4. The maximum absolute atomic E-state index is 12.4. The zero-order valence-corrected chi connectivity index (χ0v) is 12.1. The third-order valence-corrected chi connectivity index (χ3v) is 4.85. The summed E-state index contributed by atoms with van der Waals surface area (Å²) in [4.78, 5) is 40.1. The van der Waals surface area contributed by atoms with Gasteiger partial charge in [0.2, 0.25) is 5.91 Å². The van der Waals surface area contributed by atoms with Crippen LogP contribution in [0.2, 0.25) is 0 Å². The molecule has 0 radical (unpaired) electrons. The molecular formula is C13H15N3O4S. The highest BCUT2D eigenvalue weighted by Gasteiger charge is 2.36. The topological polar surface area (TPSA) is 99.6 Å². The Labute approximate surface area is 125 Å². The van der Waals surface area contributed by atoms with Crippen LogP contribution in [0.25, 0.3) is 0 Å². The van der Waals surface area contributed by atoms with Crippen LogP contribution in [0.1, 0.15) is 39.6 Å². The molecule has 2 amide bonds. The largest absolute Gasteiger partial charge is 0.476 e. The number of amides is 2. The molecule has 2 N–H and O–H groups in total. The number of hydrogen-bond acceptors (Lipinski definition) is 5. The monoisotopic (exact) mass is 309 g/mol. The summed E-state index contributed by atoms with van der Waals surface area (Å²) in [7, 11) is 0. The van der Waals surface area contributed by atoms with Crippen LogP contribution in [0.4, 0.5) is 0 Å². The van der Waals surface area contributed by atoms with Crippen molar-refractivity contribution in [2.45, 2.75) is 25.3 Å². The number of rotatable bonds is 2. The van der Waals surface area contributed by atoms with Gasteiger partial charge in [-0.15, -0.1) is 11.3 Å². The molecule has 2 unspecified atom stereocenters. The predicted molar refractivity (Wildman–Crippen MR) is 74.2 cm³/mol. The Morgan fingerprint density at radius 1 is 1.43 bits per heavy atom. The van der Waals surface area contributed by atoms with E-state index in [1.165, 1.54) is 5.38 Å². The second kappa shape index (κ2) is 5.44. The van der Waals surface area contributed by atoms with Gasteiger partial charge in [0, 0.05) is 30.9 Å². The average Bonchev–Trinajstić information content (AvgIpc) is 2.96. The van der Waals surface area contributed by atoms with Gasteiger partial charge in [-0.3, -0.25) is 9.59 Å². The Morgan fingerprint density at radius 2 is 2.24 bits per heavy atom. The molecular weight excluding hydrogens is 294 g/mol. The van der Waals surface area contributed by atoms with Crippen molar-refractivity contribution in [3.05, 3.63) is 16.1 Å². The Balaban J connectivity index is 1.68. The molecule has 0 aliphatic carbocycles. The number of carboxylic acids is 1. The highest BCUT2D eigenvalue weighted by Crippen LogP contribution is 2.26. The molecule has 112 valence electrons. The second-order valence-electron chi connectivity index (χ2n) is 5.36. The van der Waals surface area contributed by atoms with Crippen LogP contribution in [0.3, 0.4) is 0 Å². The standard InChI is InChI=1S/C13H15N3O4S/c17-10-2-1-7-5-16(4-3-8(7)14-10)12(18)11-15-9(6-21-11)13(19)20/h6-8H,1-5H2,(H,14,17)(H,19,20). The van der Waals surface area contributed by atoms with E-state index in [2.05, 4.69) is 10.3 Å². The minimum absolute atomic E-state index is 0.0852. The number of thiazole rings is 1. The number of nitrogens with one attached hydrogen (secondary N) is 1. The highest BCUT2D eigenvalue weighted by atomic mass is 32.1. The van der Waals surface area contributed by atoms with E-state index in [9.17, 15) is 14.4 Å². The lowest BCUT2D eigenvalue weighted by Crippen LogP contribution is -2.55. The quantitative estimate of drug-likeness (QED) is 0.832. The molecule has 2 atom stereocenters. The molecule has 0 saturated carbocycles. The number of carboxylic acid groups (broad SMARTS) is 1. The molecule has 8 heteroatoms. The lowest BCUT2D eigenvalue weighted by atomic mass is 9.85. The molecule has 2 aliphatic rings. The zero-order chi connectivity index (χ0) is 15.0. The van der Waals surface area contributed by atoms with Crippen LogP contribution in [0.15, 0.2) is 5.38 Å². The number of nitrogens with zero attached hydrogens (tertiary/aromatic N) is 2. The van der Waals surface area contributed by atoms with E-state index in [0.717, 1.165) is 24.2 Å². The minimum Gasteiger partial charge on any atom is -0.476 e. The van der Waals surface area contributed by atoms with E-state index in [4.69, 9.17) is 5.11 Å². The van der Waals surface area contributed by atoms with Crippen molar-refractivity contribution in [1.29, 1.82) is 0 Å². The third-order valence-electron chi connectivity index (χ3n) is 4.02. The number of aromatic carboxylic acids is 1. The van der Waals surface area contributed by atoms with Crippen LogP contribution in [-0.2, 0) is 4.79 Å². The van der Waals surface area contributed by atoms with Gasteiger partial charge in [-0.25, -0.2) is 9.78 Å². The minimum atomic E-state index is -1.13. The van der Waals surface area contributed by atoms with Crippen molar-refractivity contribution in [2.75, 3.05) is 13.1 Å². The second-order valence-corrected chi connectivity index (χ2v) is 6.21. The number of carbonyl (C=O) groups is 3. The fourth-order valence-corrected chi connectivity index (χ4v) is 3.66. The van der Waals surface area contributed by atoms with Crippen LogP contribution < -0.4 is 5.32 Å². The predicted octanol–water partition coefficient (Wildman–Crippen LogP) is 0.582. The fraction of sp³-hybridized carbons (Fsp3) is 0.538. The summed E-state index contributed by atoms with van der Waals surface area (Å²) in [6.07, 6.45) is 2.03. The summed E-state index contributed by atoms with van der Waals surface area (Å²) in [6.45, 7) is 1.15. The Kier molecular flexibility index (Phi) is 3.62. The normalized spacial score (nSPS) is 25.1. The van der Waals surface area contributed by atoms with Crippen molar-refractivity contribution in [1.82, 2.24) is 15.2 Å². The number of likely N-dealkylation sites (tertiary alicyclic amines) is 1. The van der Waals surface area contributed by atoms with Gasteiger partial charge in [0.05, 0.1) is 0 Å². The number of piperidine rings is 2. The number of hydrogen-bond donors (Lipinski definition) is 2. The fourth-order valence-electron chi connectivity index (χ4n) is 2.90. The molecule has 7 nitrogen and oxygen atoms in total. The SMILES string of the molecule is O=C1CCC2CN(C(=O)c3nc(C(=O)O)cs3)CCC2N1. The molecule has 1 aromatic rings. The molecule has 0 aromatic carbocycles. The van der Waals surface area contributed by atoms with E-state index >= 15 is 0 Å². The molecule has 3 heterocycles. The van der Waals surface area contributed by atoms with Gasteiger partial charge in [0.25, 0.3) is 5.91 Å². The lowest BCUT2D eigenvalue weighted by molar-refractivity contribution is -0.125. The molecule has 0 spiro atoms. The Hall–Kier alpha value is -1.96. The van der Waals surface area contributed by atoms with Gasteiger partial charge in [-0.1, -0.05) is 0 Å². The summed E-state index contributed by atoms with van der Waals surface area (Å²) in [5, 5.41) is 13.4. The van der Waals surface area contributed by atoms with Crippen molar-refractivity contribution < 1.29 is 19.5 Å². The summed E-state index contributed by atoms with van der Waals surface area (Å²) in [5.41, 5.74) is -0.0943. The van der Waals surface area contributed by atoms with E-state index in [1.54, 1.807) is 4.90 Å². The van der Waals surface area contributed by atoms with Gasteiger partial charge in [0.1, 0.15) is 0 Å². The number of fused-ring (bicyclic) bond motifs is 1. The van der Waals surface area contributed by atoms with E-state index < -0.39 is 5.97 Å². The first kappa shape index (κ1) is 14.0. The zero-order valence-electron chi connectivity index (χ0n) is 11.2. The average molecular weight is 309 g/mol. The number of carbonyl (C=O) groups excluding carboxylic acids is 2. The summed E-state index contributed by atoms with van der Waals surface area (Å²) < 4.78 is 0. The first-order valence-corrected chi connectivity index (χ1v) is 7.70. The van der Waals surface area contributed by atoms with Crippen molar-refractivity contribution >= 4 is 29.1 Å². The van der Waals surface area contributed by atoms with Crippen molar-refractivity contribution in [2.24, 2.45) is 5.92 Å². The van der Waals surface area contributed by atoms with Gasteiger partial charge in [-0.2, -0.15) is 0 Å². The first-order valence-electron chi connectivity index (χ1n) is 6.82. The van der Waals surface area contributed by atoms with Crippen LogP contribution in [0.5, 0.6) is 0 Å². The van der Waals surface area contributed by atoms with Crippen LogP contribution in [-0.4, -0.2) is 51.9 Å². The molecule has 1 aromatic heterocycles. The number of aromatic nitrogens is 1. The molecule has 2 fully saturated rings. The van der Waals surface area contributed by atoms with Gasteiger partial charge in [-0.05, 0) is 18.8 Å². The van der Waals surface area contributed by atoms with Gasteiger partial charge >= 0.3 is 5.97 Å². The van der Waals surface area contributed by atoms with Gasteiger partial charge < -0.3 is 15.3 Å². The summed E-state index contributed by atoms with van der Waals surface area (Å²) >= 11 is 1.06. The molecule has 2 saturated heterocycles. The van der Waals surface area contributed by atoms with E-state index in [1.807, 2.05) is 0 Å². The summed E-state index contributed by atoms with van der Waals surface area (Å²) in [6, 6.07) is 0.154. The molecule has 0 bridgehead atoms. The molecule has 2 aliphatic heterocycles. The smallest absolute Gasteiger partial charge is 0.355 e. The van der Waals surface area contributed by atoms with Crippen molar-refractivity contribution in [3.8, 4) is 0 Å². The molecule has 3 rings (SSSR count). The lowest BCUT2D eigenvalue weighted by Gasteiger charge is -2.41. The van der Waals surface area contributed by atoms with Crippen LogP contribution >= 0.6 is 11.3 Å². The van der Waals surface area contributed by atoms with E-state index in [-0.39, 0.29) is 34.5 Å². The van der Waals surface area contributed by atoms with Gasteiger partial charge in [0.15, 0.2) is 10.7 Å². The highest BCUT2D eigenvalue weighted by molar-refractivity contribution is 7.11. The van der Waals surface area contributed by atoms with Crippen molar-refractivity contribution in [3.63, 3.8) is 0 Å². The first-order chi connectivity index (χ1) is 10.0. The molecule has 21 heavy (non-hydrogen) atoms. The van der Waals surface area contributed by atoms with Crippen LogP contribution in [0, 0.1) is 5.92 Å². The summed E-state index contributed by atoms with van der Waals surface area (Å²) in [5.74, 6) is -0.983. The Bertz CT molecular complexity index is 600. The third kappa shape index (κ3) is 2.76. The maximum Gasteiger partial charge on any atom is 0.355 e. The Morgan fingerprint density at radius 3 is 2.95 bits per heavy atom. The van der Waals surface area contributed by atoms with E-state index in [0.29, 0.717) is 19.5 Å².